The van der Waals surface area contributed by atoms with Gasteiger partial charge in [0.25, 0.3) is 5.69 Å². The van der Waals surface area contributed by atoms with Gasteiger partial charge in [0.1, 0.15) is 11.4 Å². The number of nitro groups is 1. The van der Waals surface area contributed by atoms with Gasteiger partial charge in [-0.1, -0.05) is 0 Å². The molecule has 1 aromatic carbocycles. The summed E-state index contributed by atoms with van der Waals surface area (Å²) in [6.45, 7) is -0.194. The molecule has 15 heavy (non-hydrogen) atoms. The van der Waals surface area contributed by atoms with E-state index in [4.69, 9.17) is 15.6 Å². The van der Waals surface area contributed by atoms with E-state index < -0.39 is 4.92 Å². The van der Waals surface area contributed by atoms with Crippen LogP contribution in [0.1, 0.15) is 5.56 Å². The third-order valence-corrected chi connectivity index (χ3v) is 2.04. The lowest BCUT2D eigenvalue weighted by Gasteiger charge is -2.09. The maximum absolute atomic E-state index is 10.8. The van der Waals surface area contributed by atoms with E-state index >= 15 is 0 Å². The number of rotatable bonds is 4. The molecule has 0 atom stereocenters. The second-order valence-electron chi connectivity index (χ2n) is 2.91. The third-order valence-electron chi connectivity index (χ3n) is 2.04. The largest absolute Gasteiger partial charge is 0.496 e. The van der Waals surface area contributed by atoms with Crippen LogP contribution in [0.3, 0.4) is 0 Å². The van der Waals surface area contributed by atoms with E-state index in [1.165, 1.54) is 13.2 Å². The van der Waals surface area contributed by atoms with Gasteiger partial charge in [0.2, 0.25) is 0 Å². The zero-order valence-electron chi connectivity index (χ0n) is 8.27. The van der Waals surface area contributed by atoms with Crippen molar-refractivity contribution in [3.63, 3.8) is 0 Å². The van der Waals surface area contributed by atoms with Gasteiger partial charge in [0, 0.05) is 13.0 Å². The fourth-order valence-electron chi connectivity index (χ4n) is 1.40. The normalized spacial score (nSPS) is 10.0. The molecule has 0 heterocycles. The van der Waals surface area contributed by atoms with Crippen LogP contribution in [0.15, 0.2) is 12.1 Å². The monoisotopic (exact) mass is 212 g/mol. The number of nitrogens with zero attached hydrogens (tertiary/aromatic N) is 1. The molecule has 1 aromatic rings. The van der Waals surface area contributed by atoms with E-state index in [1.54, 1.807) is 6.07 Å². The molecule has 0 spiro atoms. The number of anilines is 1. The zero-order valence-corrected chi connectivity index (χ0v) is 8.27. The van der Waals surface area contributed by atoms with Crippen molar-refractivity contribution in [1.29, 1.82) is 0 Å². The summed E-state index contributed by atoms with van der Waals surface area (Å²) < 4.78 is 4.97. The Morgan fingerprint density at radius 1 is 1.60 bits per heavy atom. The molecule has 0 saturated heterocycles. The Bertz CT molecular complexity index is 379. The van der Waals surface area contributed by atoms with Gasteiger partial charge in [-0.25, -0.2) is 0 Å². The van der Waals surface area contributed by atoms with Crippen molar-refractivity contribution in [3.05, 3.63) is 27.8 Å². The summed E-state index contributed by atoms with van der Waals surface area (Å²) in [6.07, 6.45) is 0.143. The summed E-state index contributed by atoms with van der Waals surface area (Å²) in [5.74, 6) is 0.366. The molecule has 0 aromatic heterocycles. The van der Waals surface area contributed by atoms with Crippen molar-refractivity contribution in [3.8, 4) is 5.75 Å². The Morgan fingerprint density at radius 3 is 2.73 bits per heavy atom. The van der Waals surface area contributed by atoms with Gasteiger partial charge < -0.3 is 15.6 Å². The minimum atomic E-state index is -0.567. The Kier molecular flexibility index (Phi) is 3.46. The van der Waals surface area contributed by atoms with Crippen molar-refractivity contribution in [1.82, 2.24) is 0 Å². The minimum Gasteiger partial charge on any atom is -0.496 e. The molecule has 0 aliphatic rings. The molecule has 3 N–H and O–H groups in total. The third kappa shape index (κ3) is 2.16. The Balaban J connectivity index is 3.36. The van der Waals surface area contributed by atoms with Crippen LogP contribution in [-0.2, 0) is 6.42 Å². The molecule has 82 valence electrons. The van der Waals surface area contributed by atoms with Crippen LogP contribution >= 0.6 is 0 Å². The molecule has 0 unspecified atom stereocenters. The van der Waals surface area contributed by atoms with Crippen LogP contribution in [0, 0.1) is 10.1 Å². The lowest BCUT2D eigenvalue weighted by molar-refractivity contribution is -0.384. The molecular formula is C9H12N2O4. The first-order valence-corrected chi connectivity index (χ1v) is 4.32. The predicted octanol–water partition coefficient (Wildman–Crippen LogP) is 0.720. The first-order valence-electron chi connectivity index (χ1n) is 4.32. The summed E-state index contributed by atoms with van der Waals surface area (Å²) in [5.41, 5.74) is 5.70. The second-order valence-corrected chi connectivity index (χ2v) is 2.91. The van der Waals surface area contributed by atoms with Gasteiger partial charge in [-0.05, 0) is 12.1 Å². The topological polar surface area (TPSA) is 98.6 Å². The van der Waals surface area contributed by atoms with Crippen LogP contribution in [0.25, 0.3) is 0 Å². The molecule has 0 aliphatic carbocycles. The average molecular weight is 212 g/mol. The summed E-state index contributed by atoms with van der Waals surface area (Å²) in [4.78, 5) is 10.2. The van der Waals surface area contributed by atoms with E-state index in [-0.39, 0.29) is 24.4 Å². The Labute approximate surface area is 86.4 Å². The number of hydrogen-bond donors (Lipinski definition) is 2. The molecule has 6 heteroatoms. The minimum absolute atomic E-state index is 0.0734. The summed E-state index contributed by atoms with van der Waals surface area (Å²) in [5, 5.41) is 19.6. The highest BCUT2D eigenvalue weighted by Gasteiger charge is 2.21. The van der Waals surface area contributed by atoms with Crippen LogP contribution in [0.4, 0.5) is 11.4 Å². The number of nitrogens with two attached hydrogens (primary N) is 1. The van der Waals surface area contributed by atoms with Crippen LogP contribution < -0.4 is 10.5 Å². The van der Waals surface area contributed by atoms with Gasteiger partial charge in [0.15, 0.2) is 0 Å². The highest BCUT2D eigenvalue weighted by atomic mass is 16.6. The molecule has 0 bridgehead atoms. The lowest BCUT2D eigenvalue weighted by atomic mass is 10.1. The van der Waals surface area contributed by atoms with Crippen LogP contribution in [0.5, 0.6) is 5.75 Å². The van der Waals surface area contributed by atoms with Crippen LogP contribution in [0.2, 0.25) is 0 Å². The second kappa shape index (κ2) is 4.61. The molecule has 1 rings (SSSR count). The predicted molar refractivity (Wildman–Crippen MR) is 54.9 cm³/mol. The number of aliphatic hydroxyl groups is 1. The maximum atomic E-state index is 10.8. The van der Waals surface area contributed by atoms with Crippen molar-refractivity contribution < 1.29 is 14.8 Å². The molecule has 0 aliphatic heterocycles. The number of aliphatic hydroxyl groups excluding tert-OH is 1. The van der Waals surface area contributed by atoms with Gasteiger partial charge in [-0.3, -0.25) is 10.1 Å². The smallest absolute Gasteiger partial charge is 0.299 e. The van der Waals surface area contributed by atoms with Crippen molar-refractivity contribution in [2.24, 2.45) is 0 Å². The molecule has 0 saturated carbocycles. The van der Waals surface area contributed by atoms with Crippen molar-refractivity contribution in [2.45, 2.75) is 6.42 Å². The highest BCUT2D eigenvalue weighted by molar-refractivity contribution is 5.66. The van der Waals surface area contributed by atoms with E-state index in [0.29, 0.717) is 11.3 Å². The zero-order chi connectivity index (χ0) is 11.4. The first kappa shape index (κ1) is 11.3. The van der Waals surface area contributed by atoms with E-state index in [1.807, 2.05) is 0 Å². The summed E-state index contributed by atoms with van der Waals surface area (Å²) in [6, 6.07) is 2.96. The molecule has 0 fully saturated rings. The molecular weight excluding hydrogens is 200 g/mol. The fraction of sp³-hybridized carbons (Fsp3) is 0.333. The van der Waals surface area contributed by atoms with E-state index in [9.17, 15) is 10.1 Å². The number of benzene rings is 1. The molecule has 0 amide bonds. The fourth-order valence-corrected chi connectivity index (χ4v) is 1.40. The highest BCUT2D eigenvalue weighted by Crippen LogP contribution is 2.33. The average Bonchev–Trinajstić information content (AvgIpc) is 2.18. The van der Waals surface area contributed by atoms with E-state index in [2.05, 4.69) is 0 Å². The first-order chi connectivity index (χ1) is 7.11. The standard InChI is InChI=1S/C9H12N2O4/c1-15-8-3-2-7(10)9(11(13)14)6(8)4-5-12/h2-3,12H,4-5,10H2,1H3. The van der Waals surface area contributed by atoms with Crippen molar-refractivity contribution in [2.75, 3.05) is 19.5 Å². The van der Waals surface area contributed by atoms with Crippen molar-refractivity contribution >= 4 is 11.4 Å². The lowest BCUT2D eigenvalue weighted by Crippen LogP contribution is -2.04. The SMILES string of the molecule is COc1ccc(N)c([N+](=O)[O-])c1CCO. The number of nitrogen functional groups attached to an aromatic ring is 1. The Morgan fingerprint density at radius 2 is 2.27 bits per heavy atom. The number of methoxy groups -OCH3 is 1. The maximum Gasteiger partial charge on any atom is 0.299 e. The summed E-state index contributed by atoms with van der Waals surface area (Å²) >= 11 is 0. The van der Waals surface area contributed by atoms with Gasteiger partial charge in [-0.2, -0.15) is 0 Å². The van der Waals surface area contributed by atoms with Crippen LogP contribution in [-0.4, -0.2) is 23.7 Å². The number of nitro benzene ring substituents is 1. The van der Waals surface area contributed by atoms with E-state index in [0.717, 1.165) is 0 Å². The molecule has 6 nitrogen and oxygen atoms in total. The van der Waals surface area contributed by atoms with Gasteiger partial charge in [0.05, 0.1) is 17.6 Å². The number of ether oxygens (including phenoxy) is 1. The van der Waals surface area contributed by atoms with Gasteiger partial charge >= 0.3 is 0 Å². The number of hydrogen-bond acceptors (Lipinski definition) is 5. The molecule has 0 radical (unpaired) electrons. The quantitative estimate of drug-likeness (QED) is 0.435. The summed E-state index contributed by atoms with van der Waals surface area (Å²) in [7, 11) is 1.41. The Hall–Kier alpha value is -1.82. The van der Waals surface area contributed by atoms with Gasteiger partial charge in [-0.15, -0.1) is 0 Å².